The van der Waals surface area contributed by atoms with Gasteiger partial charge < -0.3 is 10.4 Å². The van der Waals surface area contributed by atoms with Crippen LogP contribution in [0.5, 0.6) is 0 Å². The van der Waals surface area contributed by atoms with E-state index >= 15 is 0 Å². The van der Waals surface area contributed by atoms with Crippen LogP contribution in [0.4, 0.5) is 4.39 Å². The van der Waals surface area contributed by atoms with Gasteiger partial charge in [0.05, 0.1) is 6.61 Å². The highest BCUT2D eigenvalue weighted by Crippen LogP contribution is 2.11. The largest absolute Gasteiger partial charge is 0.392 e. The Morgan fingerprint density at radius 3 is 2.65 bits per heavy atom. The van der Waals surface area contributed by atoms with Crippen LogP contribution < -0.4 is 5.32 Å². The number of hydrogen-bond acceptors (Lipinski definition) is 2. The monoisotopic (exact) mass is 273 g/mol. The highest BCUT2D eigenvalue weighted by Gasteiger charge is 2.09. The Morgan fingerprint density at radius 2 is 1.95 bits per heavy atom. The molecule has 0 spiro atoms. The smallest absolute Gasteiger partial charge is 0.251 e. The van der Waals surface area contributed by atoms with Crippen LogP contribution in [0.1, 0.15) is 27.0 Å². The molecule has 0 saturated heterocycles. The van der Waals surface area contributed by atoms with E-state index in [4.69, 9.17) is 5.11 Å². The summed E-state index contributed by atoms with van der Waals surface area (Å²) < 4.78 is 13.0. The summed E-state index contributed by atoms with van der Waals surface area (Å²) in [5.41, 5.74) is 2.77. The molecular weight excluding hydrogens is 257 g/mol. The van der Waals surface area contributed by atoms with Crippen molar-refractivity contribution < 1.29 is 14.3 Å². The topological polar surface area (TPSA) is 49.3 Å². The average Bonchev–Trinajstić information content (AvgIpc) is 2.45. The Morgan fingerprint density at radius 1 is 1.20 bits per heavy atom. The van der Waals surface area contributed by atoms with Crippen molar-refractivity contribution in [2.45, 2.75) is 20.1 Å². The third kappa shape index (κ3) is 3.42. The molecule has 0 heterocycles. The predicted molar refractivity (Wildman–Crippen MR) is 74.7 cm³/mol. The number of carbonyl (C=O) groups is 1. The highest BCUT2D eigenvalue weighted by molar-refractivity contribution is 5.95. The summed E-state index contributed by atoms with van der Waals surface area (Å²) in [6.45, 7) is 2.03. The van der Waals surface area contributed by atoms with Crippen molar-refractivity contribution in [2.75, 3.05) is 0 Å². The molecule has 0 aliphatic heterocycles. The van der Waals surface area contributed by atoms with Gasteiger partial charge in [0.15, 0.2) is 0 Å². The fourth-order valence-electron chi connectivity index (χ4n) is 2.00. The lowest BCUT2D eigenvalue weighted by atomic mass is 10.1. The van der Waals surface area contributed by atoms with Crippen LogP contribution in [0.3, 0.4) is 0 Å². The molecule has 0 aromatic heterocycles. The maximum absolute atomic E-state index is 13.0. The summed E-state index contributed by atoms with van der Waals surface area (Å²) in [6.07, 6.45) is 0. The number of carbonyl (C=O) groups excluding carboxylic acids is 1. The van der Waals surface area contributed by atoms with Crippen molar-refractivity contribution in [3.8, 4) is 0 Å². The molecule has 2 aromatic rings. The molecule has 0 saturated carbocycles. The number of amides is 1. The minimum Gasteiger partial charge on any atom is -0.392 e. The van der Waals surface area contributed by atoms with Gasteiger partial charge in [-0.1, -0.05) is 24.3 Å². The molecule has 0 bridgehead atoms. The van der Waals surface area contributed by atoms with E-state index in [1.54, 1.807) is 6.92 Å². The van der Waals surface area contributed by atoms with Crippen LogP contribution in [0.15, 0.2) is 42.5 Å². The van der Waals surface area contributed by atoms with E-state index in [-0.39, 0.29) is 18.3 Å². The van der Waals surface area contributed by atoms with E-state index < -0.39 is 0 Å². The summed E-state index contributed by atoms with van der Waals surface area (Å²) in [5, 5.41) is 11.8. The lowest BCUT2D eigenvalue weighted by molar-refractivity contribution is 0.0950. The predicted octanol–water partition coefficient (Wildman–Crippen LogP) is 2.56. The molecule has 0 radical (unpaired) electrons. The lowest BCUT2D eigenvalue weighted by Crippen LogP contribution is -2.23. The fourth-order valence-corrected chi connectivity index (χ4v) is 2.00. The van der Waals surface area contributed by atoms with Crippen LogP contribution in [0, 0.1) is 12.7 Å². The van der Waals surface area contributed by atoms with Gasteiger partial charge in [0.25, 0.3) is 5.91 Å². The molecule has 2 rings (SSSR count). The van der Waals surface area contributed by atoms with Crippen LogP contribution >= 0.6 is 0 Å². The van der Waals surface area contributed by atoms with Crippen LogP contribution in [0.25, 0.3) is 0 Å². The Balaban J connectivity index is 2.04. The van der Waals surface area contributed by atoms with Gasteiger partial charge in [-0.2, -0.15) is 0 Å². The molecule has 20 heavy (non-hydrogen) atoms. The number of aryl methyl sites for hydroxylation is 1. The summed E-state index contributed by atoms with van der Waals surface area (Å²) in [4.78, 5) is 12.0. The second-order valence-corrected chi connectivity index (χ2v) is 4.62. The molecule has 3 nitrogen and oxygen atoms in total. The first-order chi connectivity index (χ1) is 9.60. The first kappa shape index (κ1) is 14.2. The number of aliphatic hydroxyl groups excluding tert-OH is 1. The lowest BCUT2D eigenvalue weighted by Gasteiger charge is -2.08. The van der Waals surface area contributed by atoms with Crippen molar-refractivity contribution in [1.29, 1.82) is 0 Å². The van der Waals surface area contributed by atoms with Crippen LogP contribution in [-0.4, -0.2) is 11.0 Å². The quantitative estimate of drug-likeness (QED) is 0.899. The number of benzene rings is 2. The zero-order valence-electron chi connectivity index (χ0n) is 11.2. The van der Waals surface area contributed by atoms with E-state index in [9.17, 15) is 9.18 Å². The Kier molecular flexibility index (Phi) is 4.48. The van der Waals surface area contributed by atoms with Crippen LogP contribution in [-0.2, 0) is 13.2 Å². The van der Waals surface area contributed by atoms with Crippen molar-refractivity contribution in [1.82, 2.24) is 5.32 Å². The minimum atomic E-state index is -0.352. The SMILES string of the molecule is Cc1cc(F)ccc1C(=O)NCc1cccc(CO)c1. The zero-order chi connectivity index (χ0) is 14.5. The molecule has 0 aliphatic rings. The van der Waals surface area contributed by atoms with Gasteiger partial charge in [-0.25, -0.2) is 4.39 Å². The van der Waals surface area contributed by atoms with E-state index in [0.717, 1.165) is 11.1 Å². The number of halogens is 1. The van der Waals surface area contributed by atoms with Crippen molar-refractivity contribution in [2.24, 2.45) is 0 Å². The molecule has 0 atom stereocenters. The molecular formula is C16H16FNO2. The summed E-state index contributed by atoms with van der Waals surface area (Å²) in [6, 6.07) is 11.4. The van der Waals surface area contributed by atoms with Gasteiger partial charge >= 0.3 is 0 Å². The molecule has 0 fully saturated rings. The minimum absolute atomic E-state index is 0.0289. The molecule has 1 amide bonds. The van der Waals surface area contributed by atoms with Gasteiger partial charge in [0, 0.05) is 12.1 Å². The standard InChI is InChI=1S/C16H16FNO2/c1-11-7-14(17)5-6-15(11)16(20)18-9-12-3-2-4-13(8-12)10-19/h2-8,19H,9-10H2,1H3,(H,18,20). The van der Waals surface area contributed by atoms with Crippen LogP contribution in [0.2, 0.25) is 0 Å². The third-order valence-electron chi connectivity index (χ3n) is 3.06. The number of nitrogens with one attached hydrogen (secondary N) is 1. The Bertz CT molecular complexity index is 626. The molecule has 4 heteroatoms. The van der Waals surface area contributed by atoms with E-state index in [2.05, 4.69) is 5.32 Å². The second-order valence-electron chi connectivity index (χ2n) is 4.62. The first-order valence-electron chi connectivity index (χ1n) is 6.33. The first-order valence-corrected chi connectivity index (χ1v) is 6.33. The van der Waals surface area contributed by atoms with Crippen molar-refractivity contribution in [3.05, 3.63) is 70.5 Å². The average molecular weight is 273 g/mol. The summed E-state index contributed by atoms with van der Waals surface area (Å²) in [5.74, 6) is -0.591. The van der Waals surface area contributed by atoms with Gasteiger partial charge in [-0.15, -0.1) is 0 Å². The molecule has 0 aliphatic carbocycles. The maximum atomic E-state index is 13.0. The van der Waals surface area contributed by atoms with Crippen molar-refractivity contribution in [3.63, 3.8) is 0 Å². The highest BCUT2D eigenvalue weighted by atomic mass is 19.1. The zero-order valence-corrected chi connectivity index (χ0v) is 11.2. The Hall–Kier alpha value is -2.20. The molecule has 0 unspecified atom stereocenters. The van der Waals surface area contributed by atoms with E-state index in [1.165, 1.54) is 18.2 Å². The fraction of sp³-hybridized carbons (Fsp3) is 0.188. The summed E-state index contributed by atoms with van der Waals surface area (Å²) >= 11 is 0. The van der Waals surface area contributed by atoms with Crippen molar-refractivity contribution >= 4 is 5.91 Å². The number of aliphatic hydroxyl groups is 1. The Labute approximate surface area is 117 Å². The number of hydrogen-bond donors (Lipinski definition) is 2. The summed E-state index contributed by atoms with van der Waals surface area (Å²) in [7, 11) is 0. The maximum Gasteiger partial charge on any atom is 0.251 e. The van der Waals surface area contributed by atoms with Gasteiger partial charge in [0.1, 0.15) is 5.82 Å². The van der Waals surface area contributed by atoms with E-state index in [0.29, 0.717) is 17.7 Å². The number of rotatable bonds is 4. The molecule has 2 aromatic carbocycles. The molecule has 104 valence electrons. The second kappa shape index (κ2) is 6.30. The van der Waals surface area contributed by atoms with Gasteiger partial charge in [-0.3, -0.25) is 4.79 Å². The normalized spacial score (nSPS) is 10.3. The molecule has 2 N–H and O–H groups in total. The third-order valence-corrected chi connectivity index (χ3v) is 3.06. The van der Waals surface area contributed by atoms with Gasteiger partial charge in [-0.05, 0) is 41.8 Å². The van der Waals surface area contributed by atoms with E-state index in [1.807, 2.05) is 24.3 Å². The van der Waals surface area contributed by atoms with Gasteiger partial charge in [0.2, 0.25) is 0 Å².